The lowest BCUT2D eigenvalue weighted by Gasteiger charge is -2.49. The Kier molecular flexibility index (Phi) is 2.37. The molecule has 3 saturated carbocycles. The lowest BCUT2D eigenvalue weighted by molar-refractivity contribution is -0.0381. The molecule has 1 heteroatoms. The van der Waals surface area contributed by atoms with E-state index in [0.717, 1.165) is 18.8 Å². The van der Waals surface area contributed by atoms with Crippen LogP contribution in [-0.4, -0.2) is 6.17 Å². The summed E-state index contributed by atoms with van der Waals surface area (Å²) in [6.45, 7) is 6.81. The molecule has 0 aromatic heterocycles. The van der Waals surface area contributed by atoms with Gasteiger partial charge in [0, 0.05) is 0 Å². The smallest absolute Gasteiger partial charge is 0.103 e. The van der Waals surface area contributed by atoms with Crippen molar-refractivity contribution in [3.8, 4) is 0 Å². The minimum absolute atomic E-state index is 0.389. The Hall–Kier alpha value is -0.0700. The van der Waals surface area contributed by atoms with Gasteiger partial charge in [0.25, 0.3) is 0 Å². The summed E-state index contributed by atoms with van der Waals surface area (Å²) in [6.07, 6.45) is 2.82. The quantitative estimate of drug-likeness (QED) is 0.583. The van der Waals surface area contributed by atoms with Gasteiger partial charge in [0.15, 0.2) is 0 Å². The molecule has 5 atom stereocenters. The van der Waals surface area contributed by atoms with E-state index in [1.807, 2.05) is 0 Å². The molecule has 0 amide bonds. The zero-order valence-electron chi connectivity index (χ0n) is 8.96. The normalized spacial score (nSPS) is 50.1. The van der Waals surface area contributed by atoms with E-state index in [0.29, 0.717) is 23.7 Å². The predicted octanol–water partition coefficient (Wildman–Crippen LogP) is 3.66. The molecule has 3 aliphatic carbocycles. The highest BCUT2D eigenvalue weighted by molar-refractivity contribution is 4.95. The summed E-state index contributed by atoms with van der Waals surface area (Å²) in [5, 5.41) is 0. The molecule has 3 aliphatic rings. The summed E-state index contributed by atoms with van der Waals surface area (Å²) in [6, 6.07) is 0. The molecule has 2 bridgehead atoms. The van der Waals surface area contributed by atoms with E-state index in [1.165, 1.54) is 6.42 Å². The van der Waals surface area contributed by atoms with Crippen molar-refractivity contribution >= 4 is 0 Å². The van der Waals surface area contributed by atoms with E-state index < -0.39 is 6.17 Å². The van der Waals surface area contributed by atoms with E-state index in [1.54, 1.807) is 0 Å². The van der Waals surface area contributed by atoms with Gasteiger partial charge in [0.05, 0.1) is 0 Å². The van der Waals surface area contributed by atoms with Gasteiger partial charge in [0.2, 0.25) is 0 Å². The summed E-state index contributed by atoms with van der Waals surface area (Å²) in [4.78, 5) is 0. The highest BCUT2D eigenvalue weighted by Crippen LogP contribution is 2.51. The lowest BCUT2D eigenvalue weighted by Crippen LogP contribution is -2.45. The first kappa shape index (κ1) is 9.48. The first-order chi connectivity index (χ1) is 6.09. The summed E-state index contributed by atoms with van der Waals surface area (Å²) in [7, 11) is 0. The fraction of sp³-hybridized carbons (Fsp3) is 1.00. The van der Waals surface area contributed by atoms with Gasteiger partial charge in [-0.15, -0.1) is 0 Å². The molecule has 5 unspecified atom stereocenters. The van der Waals surface area contributed by atoms with Crippen LogP contribution in [0.5, 0.6) is 0 Å². The van der Waals surface area contributed by atoms with Crippen molar-refractivity contribution in [3.63, 3.8) is 0 Å². The van der Waals surface area contributed by atoms with Crippen LogP contribution in [0.1, 0.15) is 40.0 Å². The van der Waals surface area contributed by atoms with Crippen molar-refractivity contribution < 1.29 is 4.39 Å². The Balaban J connectivity index is 2.12. The molecule has 0 aliphatic heterocycles. The number of rotatable bonds is 1. The fourth-order valence-corrected chi connectivity index (χ4v) is 3.53. The molecule has 0 aromatic rings. The third kappa shape index (κ3) is 1.51. The molecule has 0 spiro atoms. The zero-order chi connectivity index (χ0) is 9.59. The van der Waals surface area contributed by atoms with Gasteiger partial charge in [-0.05, 0) is 48.9 Å². The van der Waals surface area contributed by atoms with Crippen molar-refractivity contribution in [3.05, 3.63) is 0 Å². The fourth-order valence-electron chi connectivity index (χ4n) is 3.53. The highest BCUT2D eigenvalue weighted by Gasteiger charge is 2.46. The minimum Gasteiger partial charge on any atom is -0.247 e. The minimum atomic E-state index is -0.484. The molecular weight excluding hydrogens is 163 g/mol. The summed E-state index contributed by atoms with van der Waals surface area (Å²) < 4.78 is 13.7. The van der Waals surface area contributed by atoms with Gasteiger partial charge in [-0.25, -0.2) is 4.39 Å². The average Bonchev–Trinajstić information content (AvgIpc) is 2.06. The maximum atomic E-state index is 13.7. The Labute approximate surface area is 80.9 Å². The lowest BCUT2D eigenvalue weighted by atomic mass is 9.57. The first-order valence-electron chi connectivity index (χ1n) is 5.73. The van der Waals surface area contributed by atoms with Gasteiger partial charge in [-0.1, -0.05) is 20.8 Å². The van der Waals surface area contributed by atoms with Crippen LogP contribution in [0.2, 0.25) is 0 Å². The Morgan fingerprint density at radius 1 is 1.15 bits per heavy atom. The molecule has 76 valence electrons. The van der Waals surface area contributed by atoms with Gasteiger partial charge in [-0.3, -0.25) is 0 Å². The van der Waals surface area contributed by atoms with Crippen LogP contribution in [-0.2, 0) is 0 Å². The topological polar surface area (TPSA) is 0 Å². The van der Waals surface area contributed by atoms with E-state index in [4.69, 9.17) is 0 Å². The van der Waals surface area contributed by atoms with Crippen LogP contribution in [0, 0.1) is 29.6 Å². The van der Waals surface area contributed by atoms with Gasteiger partial charge < -0.3 is 0 Å². The summed E-state index contributed by atoms with van der Waals surface area (Å²) in [5.74, 6) is 3.21. The van der Waals surface area contributed by atoms with E-state index in [2.05, 4.69) is 20.8 Å². The number of alkyl halides is 1. The second-order valence-corrected chi connectivity index (χ2v) is 5.53. The second kappa shape index (κ2) is 3.25. The monoisotopic (exact) mass is 184 g/mol. The second-order valence-electron chi connectivity index (χ2n) is 5.53. The molecule has 0 nitrogen and oxygen atoms in total. The third-order valence-corrected chi connectivity index (χ3v) is 4.42. The Morgan fingerprint density at radius 3 is 2.38 bits per heavy atom. The van der Waals surface area contributed by atoms with Crippen molar-refractivity contribution in [1.82, 2.24) is 0 Å². The molecule has 0 heterocycles. The Bertz CT molecular complexity index is 188. The van der Waals surface area contributed by atoms with Crippen LogP contribution in [0.15, 0.2) is 0 Å². The molecule has 3 rings (SSSR count). The van der Waals surface area contributed by atoms with Gasteiger partial charge >= 0.3 is 0 Å². The van der Waals surface area contributed by atoms with Gasteiger partial charge in [0.1, 0.15) is 6.17 Å². The Morgan fingerprint density at radius 2 is 1.85 bits per heavy atom. The molecule has 0 N–H and O–H groups in total. The molecular formula is C12H21F. The van der Waals surface area contributed by atoms with E-state index in [9.17, 15) is 4.39 Å². The predicted molar refractivity (Wildman–Crippen MR) is 53.2 cm³/mol. The van der Waals surface area contributed by atoms with E-state index in [-0.39, 0.29) is 0 Å². The van der Waals surface area contributed by atoms with Crippen molar-refractivity contribution in [2.45, 2.75) is 46.2 Å². The van der Waals surface area contributed by atoms with E-state index >= 15 is 0 Å². The maximum absolute atomic E-state index is 13.7. The van der Waals surface area contributed by atoms with Crippen molar-refractivity contribution in [1.29, 1.82) is 0 Å². The van der Waals surface area contributed by atoms with Crippen LogP contribution in [0.4, 0.5) is 4.39 Å². The van der Waals surface area contributed by atoms with Crippen LogP contribution in [0.3, 0.4) is 0 Å². The molecule has 0 radical (unpaired) electrons. The van der Waals surface area contributed by atoms with Crippen LogP contribution >= 0.6 is 0 Å². The van der Waals surface area contributed by atoms with Crippen molar-refractivity contribution in [2.24, 2.45) is 29.6 Å². The first-order valence-corrected chi connectivity index (χ1v) is 5.73. The third-order valence-electron chi connectivity index (χ3n) is 4.42. The van der Waals surface area contributed by atoms with Crippen molar-refractivity contribution in [2.75, 3.05) is 0 Å². The van der Waals surface area contributed by atoms with Gasteiger partial charge in [-0.2, -0.15) is 0 Å². The van der Waals surface area contributed by atoms with Crippen LogP contribution in [0.25, 0.3) is 0 Å². The molecule has 3 fully saturated rings. The molecule has 0 saturated heterocycles. The standard InChI is InChI=1S/C12H21F/c1-7(2)10-5-9-6-12(13)11(10)4-8(9)3/h7-12H,4-6H2,1-3H3. The molecule has 0 aromatic carbocycles. The SMILES string of the molecule is CC(C)C1CC2CC(F)C1CC2C. The molecule has 13 heavy (non-hydrogen) atoms. The zero-order valence-corrected chi connectivity index (χ0v) is 8.96. The average molecular weight is 184 g/mol. The number of hydrogen-bond donors (Lipinski definition) is 0. The highest BCUT2D eigenvalue weighted by atomic mass is 19.1. The summed E-state index contributed by atoms with van der Waals surface area (Å²) >= 11 is 0. The number of hydrogen-bond acceptors (Lipinski definition) is 0. The maximum Gasteiger partial charge on any atom is 0.103 e. The summed E-state index contributed by atoms with van der Waals surface area (Å²) in [5.41, 5.74) is 0. The van der Waals surface area contributed by atoms with Crippen LogP contribution < -0.4 is 0 Å². The largest absolute Gasteiger partial charge is 0.247 e. The number of fused-ring (bicyclic) bond motifs is 3. The number of halogens is 1.